The molecule has 106 valence electrons. The summed E-state index contributed by atoms with van der Waals surface area (Å²) in [7, 11) is 0. The highest BCUT2D eigenvalue weighted by Crippen LogP contribution is 2.20. The van der Waals surface area contributed by atoms with Gasteiger partial charge in [-0.3, -0.25) is 9.20 Å². The molecule has 20 heavy (non-hydrogen) atoms. The van der Waals surface area contributed by atoms with Crippen LogP contribution in [0.1, 0.15) is 25.3 Å². The molecule has 0 radical (unpaired) electrons. The molecule has 3 heterocycles. The Labute approximate surface area is 118 Å². The maximum atomic E-state index is 12.4. The molecular formula is C15H20N4O. The smallest absolute Gasteiger partial charge is 0.230 e. The Hall–Kier alpha value is -1.88. The van der Waals surface area contributed by atoms with Crippen molar-refractivity contribution in [2.45, 2.75) is 32.7 Å². The number of nitrogens with one attached hydrogen (secondary N) is 2. The minimum Gasteiger partial charge on any atom is -0.313 e. The zero-order chi connectivity index (χ0) is 14.1. The number of anilines is 1. The number of fused-ring (bicyclic) bond motifs is 1. The summed E-state index contributed by atoms with van der Waals surface area (Å²) in [4.78, 5) is 16.8. The molecule has 5 heteroatoms. The van der Waals surface area contributed by atoms with Gasteiger partial charge in [-0.1, -0.05) is 6.07 Å². The minimum absolute atomic E-state index is 0.0270. The molecule has 0 aromatic carbocycles. The molecule has 1 aliphatic rings. The molecule has 0 spiro atoms. The summed E-state index contributed by atoms with van der Waals surface area (Å²) in [6, 6.07) is 4.20. The van der Waals surface area contributed by atoms with Gasteiger partial charge in [0.2, 0.25) is 5.91 Å². The lowest BCUT2D eigenvalue weighted by Gasteiger charge is -2.28. The fourth-order valence-electron chi connectivity index (χ4n) is 2.87. The van der Waals surface area contributed by atoms with Crippen LogP contribution >= 0.6 is 0 Å². The number of hydrogen-bond donors (Lipinski definition) is 2. The van der Waals surface area contributed by atoms with Crippen molar-refractivity contribution in [3.8, 4) is 0 Å². The van der Waals surface area contributed by atoms with E-state index in [-0.39, 0.29) is 17.9 Å². The van der Waals surface area contributed by atoms with Crippen LogP contribution in [0.25, 0.3) is 5.65 Å². The Morgan fingerprint density at radius 2 is 2.40 bits per heavy atom. The molecule has 3 rings (SSSR count). The number of hydrogen-bond acceptors (Lipinski definition) is 3. The monoisotopic (exact) mass is 272 g/mol. The quantitative estimate of drug-likeness (QED) is 0.878. The largest absolute Gasteiger partial charge is 0.313 e. The first-order valence-electron chi connectivity index (χ1n) is 7.14. The van der Waals surface area contributed by atoms with E-state index in [4.69, 9.17) is 0 Å². The van der Waals surface area contributed by atoms with Gasteiger partial charge >= 0.3 is 0 Å². The van der Waals surface area contributed by atoms with Gasteiger partial charge in [0.15, 0.2) is 0 Å². The Bertz CT molecular complexity index is 634. The minimum atomic E-state index is 0.0270. The van der Waals surface area contributed by atoms with Gasteiger partial charge in [-0.15, -0.1) is 0 Å². The van der Waals surface area contributed by atoms with E-state index in [0.717, 1.165) is 36.4 Å². The molecule has 1 aliphatic heterocycles. The summed E-state index contributed by atoms with van der Waals surface area (Å²) in [5.41, 5.74) is 1.98. The number of aromatic nitrogens is 2. The van der Waals surface area contributed by atoms with E-state index < -0.39 is 0 Å². The van der Waals surface area contributed by atoms with E-state index in [0.29, 0.717) is 0 Å². The van der Waals surface area contributed by atoms with Crippen molar-refractivity contribution in [3.05, 3.63) is 30.1 Å². The maximum Gasteiger partial charge on any atom is 0.230 e. The predicted octanol–water partition coefficient (Wildman–Crippen LogP) is 1.97. The van der Waals surface area contributed by atoms with Crippen molar-refractivity contribution < 1.29 is 4.79 Å². The van der Waals surface area contributed by atoms with Crippen LogP contribution in [-0.2, 0) is 4.79 Å². The summed E-state index contributed by atoms with van der Waals surface area (Å²) in [5, 5.41) is 6.37. The Morgan fingerprint density at radius 3 is 3.20 bits per heavy atom. The fourth-order valence-corrected chi connectivity index (χ4v) is 2.87. The Balaban J connectivity index is 1.82. The number of imidazole rings is 1. The Morgan fingerprint density at radius 1 is 1.55 bits per heavy atom. The second kappa shape index (κ2) is 5.25. The van der Waals surface area contributed by atoms with Gasteiger partial charge in [0.1, 0.15) is 11.5 Å². The molecule has 0 aliphatic carbocycles. The molecular weight excluding hydrogens is 252 g/mol. The van der Waals surface area contributed by atoms with Crippen LogP contribution in [0.2, 0.25) is 0 Å². The van der Waals surface area contributed by atoms with Crippen LogP contribution in [0.5, 0.6) is 0 Å². The second-order valence-corrected chi connectivity index (χ2v) is 5.51. The molecule has 2 N–H and O–H groups in total. The van der Waals surface area contributed by atoms with Crippen molar-refractivity contribution in [2.75, 3.05) is 11.9 Å². The van der Waals surface area contributed by atoms with Gasteiger partial charge < -0.3 is 10.6 Å². The molecule has 2 aromatic rings. The molecule has 2 aromatic heterocycles. The molecule has 5 nitrogen and oxygen atoms in total. The first-order valence-corrected chi connectivity index (χ1v) is 7.14. The van der Waals surface area contributed by atoms with Gasteiger partial charge in [-0.05, 0) is 44.9 Å². The van der Waals surface area contributed by atoms with Gasteiger partial charge in [0, 0.05) is 12.2 Å². The highest BCUT2D eigenvalue weighted by molar-refractivity contribution is 5.92. The van der Waals surface area contributed by atoms with E-state index in [2.05, 4.69) is 22.5 Å². The van der Waals surface area contributed by atoms with Crippen LogP contribution in [-0.4, -0.2) is 27.9 Å². The standard InChI is InChI=1S/C15H20N4O/c1-10-5-4-8-19-13(9-17-14(10)19)18-15(20)12-6-3-7-16-11(12)2/h4-5,8-9,11-12,16H,3,6-7H2,1-2H3,(H,18,20)/t11-,12-/m0/s1. The lowest BCUT2D eigenvalue weighted by Crippen LogP contribution is -2.44. The third-order valence-corrected chi connectivity index (χ3v) is 4.08. The number of carbonyl (C=O) groups excluding carboxylic acids is 1. The van der Waals surface area contributed by atoms with Crippen molar-refractivity contribution in [3.63, 3.8) is 0 Å². The van der Waals surface area contributed by atoms with Crippen molar-refractivity contribution in [1.29, 1.82) is 0 Å². The normalized spacial score (nSPS) is 22.9. The molecule has 1 saturated heterocycles. The average molecular weight is 272 g/mol. The third kappa shape index (κ3) is 2.29. The molecule has 0 bridgehead atoms. The summed E-state index contributed by atoms with van der Waals surface area (Å²) >= 11 is 0. The predicted molar refractivity (Wildman–Crippen MR) is 78.7 cm³/mol. The number of amides is 1. The van der Waals surface area contributed by atoms with E-state index in [1.807, 2.05) is 29.7 Å². The van der Waals surface area contributed by atoms with E-state index in [1.165, 1.54) is 0 Å². The van der Waals surface area contributed by atoms with Gasteiger partial charge in [0.05, 0.1) is 12.1 Å². The lowest BCUT2D eigenvalue weighted by atomic mass is 9.91. The van der Waals surface area contributed by atoms with E-state index in [1.54, 1.807) is 6.20 Å². The number of rotatable bonds is 2. The highest BCUT2D eigenvalue weighted by atomic mass is 16.2. The first kappa shape index (κ1) is 13.1. The molecule has 0 saturated carbocycles. The first-order chi connectivity index (χ1) is 9.66. The number of pyridine rings is 1. The summed E-state index contributed by atoms with van der Waals surface area (Å²) in [6.45, 7) is 5.09. The zero-order valence-electron chi connectivity index (χ0n) is 11.9. The van der Waals surface area contributed by atoms with Gasteiger partial charge in [-0.25, -0.2) is 4.98 Å². The van der Waals surface area contributed by atoms with Crippen LogP contribution in [0.15, 0.2) is 24.5 Å². The zero-order valence-corrected chi connectivity index (χ0v) is 11.9. The summed E-state index contributed by atoms with van der Waals surface area (Å²) < 4.78 is 1.92. The number of aryl methyl sites for hydroxylation is 1. The average Bonchev–Trinajstić information content (AvgIpc) is 2.84. The van der Waals surface area contributed by atoms with Gasteiger partial charge in [0.25, 0.3) is 0 Å². The lowest BCUT2D eigenvalue weighted by molar-refractivity contribution is -0.121. The SMILES string of the molecule is Cc1cccn2c(NC(=O)[C@H]3CCCN[C@H]3C)cnc12. The summed E-state index contributed by atoms with van der Waals surface area (Å²) in [6.07, 6.45) is 5.64. The van der Waals surface area contributed by atoms with Crippen molar-refractivity contribution >= 4 is 17.4 Å². The van der Waals surface area contributed by atoms with Crippen LogP contribution in [0, 0.1) is 12.8 Å². The molecule has 1 amide bonds. The van der Waals surface area contributed by atoms with Crippen LogP contribution in [0.3, 0.4) is 0 Å². The highest BCUT2D eigenvalue weighted by Gasteiger charge is 2.27. The molecule has 1 fully saturated rings. The molecule has 2 atom stereocenters. The van der Waals surface area contributed by atoms with Gasteiger partial charge in [-0.2, -0.15) is 0 Å². The Kier molecular flexibility index (Phi) is 3.44. The fraction of sp³-hybridized carbons (Fsp3) is 0.467. The van der Waals surface area contributed by atoms with E-state index in [9.17, 15) is 4.79 Å². The maximum absolute atomic E-state index is 12.4. The summed E-state index contributed by atoms with van der Waals surface area (Å²) in [5.74, 6) is 0.846. The van der Waals surface area contributed by atoms with Crippen LogP contribution in [0.4, 0.5) is 5.82 Å². The number of piperidine rings is 1. The van der Waals surface area contributed by atoms with Crippen LogP contribution < -0.4 is 10.6 Å². The number of nitrogens with zero attached hydrogens (tertiary/aromatic N) is 2. The van der Waals surface area contributed by atoms with E-state index >= 15 is 0 Å². The number of carbonyl (C=O) groups is 1. The molecule has 0 unspecified atom stereocenters. The van der Waals surface area contributed by atoms with Crippen molar-refractivity contribution in [1.82, 2.24) is 14.7 Å². The third-order valence-electron chi connectivity index (χ3n) is 4.08. The second-order valence-electron chi connectivity index (χ2n) is 5.51. The van der Waals surface area contributed by atoms with Crippen molar-refractivity contribution in [2.24, 2.45) is 5.92 Å². The topological polar surface area (TPSA) is 58.4 Å².